The lowest BCUT2D eigenvalue weighted by Gasteiger charge is -2.15. The Balaban J connectivity index is 3.25. The van der Waals surface area contributed by atoms with Crippen LogP contribution >= 0.6 is 11.6 Å². The monoisotopic (exact) mass is 368 g/mol. The Morgan fingerprint density at radius 1 is 1.09 bits per heavy atom. The van der Waals surface area contributed by atoms with Crippen molar-refractivity contribution in [1.29, 1.82) is 0 Å². The molecular formula is C9H4ClF7N4O2. The van der Waals surface area contributed by atoms with Crippen molar-refractivity contribution in [2.75, 3.05) is 13.2 Å². The van der Waals surface area contributed by atoms with E-state index in [1.807, 2.05) is 0 Å². The molecule has 0 saturated heterocycles. The SMILES string of the molecule is [N-]=[N+]=Nc1nc(OCC(F)(F)F)c(Cl)c(OCC(F)(F)F)c1F. The summed E-state index contributed by atoms with van der Waals surface area (Å²) < 4.78 is 94.5. The van der Waals surface area contributed by atoms with Crippen LogP contribution in [0, 0.1) is 5.82 Å². The number of rotatable bonds is 5. The maximum atomic E-state index is 13.8. The number of halogens is 8. The molecule has 0 saturated carbocycles. The van der Waals surface area contributed by atoms with E-state index >= 15 is 0 Å². The van der Waals surface area contributed by atoms with E-state index < -0.39 is 53.9 Å². The summed E-state index contributed by atoms with van der Waals surface area (Å²) >= 11 is 5.42. The van der Waals surface area contributed by atoms with Crippen LogP contribution in [0.4, 0.5) is 36.6 Å². The van der Waals surface area contributed by atoms with Crippen LogP contribution in [0.3, 0.4) is 0 Å². The van der Waals surface area contributed by atoms with Crippen LogP contribution in [0.5, 0.6) is 11.6 Å². The number of aromatic nitrogens is 1. The van der Waals surface area contributed by atoms with Gasteiger partial charge in [0, 0.05) is 4.91 Å². The lowest BCUT2D eigenvalue weighted by Crippen LogP contribution is -2.21. The Bertz CT molecular complexity index is 628. The van der Waals surface area contributed by atoms with Gasteiger partial charge in [-0.2, -0.15) is 26.3 Å². The maximum Gasteiger partial charge on any atom is 0.422 e. The van der Waals surface area contributed by atoms with Crippen molar-refractivity contribution < 1.29 is 40.2 Å². The van der Waals surface area contributed by atoms with Gasteiger partial charge in [-0.1, -0.05) is 11.6 Å². The van der Waals surface area contributed by atoms with E-state index in [-0.39, 0.29) is 0 Å². The van der Waals surface area contributed by atoms with Gasteiger partial charge in [-0.05, 0) is 10.6 Å². The van der Waals surface area contributed by atoms with Gasteiger partial charge < -0.3 is 9.47 Å². The predicted molar refractivity (Wildman–Crippen MR) is 61.1 cm³/mol. The molecule has 0 aromatic carbocycles. The summed E-state index contributed by atoms with van der Waals surface area (Å²) in [6.45, 7) is -3.91. The van der Waals surface area contributed by atoms with Gasteiger partial charge >= 0.3 is 12.4 Å². The predicted octanol–water partition coefficient (Wildman–Crippen LogP) is 4.70. The lowest BCUT2D eigenvalue weighted by molar-refractivity contribution is -0.154. The number of azide groups is 1. The van der Waals surface area contributed by atoms with Crippen molar-refractivity contribution in [3.63, 3.8) is 0 Å². The zero-order valence-electron chi connectivity index (χ0n) is 10.5. The van der Waals surface area contributed by atoms with Gasteiger partial charge in [-0.25, -0.2) is 9.37 Å². The smallest absolute Gasteiger partial charge is 0.422 e. The van der Waals surface area contributed by atoms with Crippen LogP contribution < -0.4 is 9.47 Å². The molecule has 1 aromatic rings. The fraction of sp³-hybridized carbons (Fsp3) is 0.444. The maximum absolute atomic E-state index is 13.8. The van der Waals surface area contributed by atoms with E-state index in [0.29, 0.717) is 0 Å². The molecule has 0 amide bonds. The van der Waals surface area contributed by atoms with E-state index in [9.17, 15) is 30.7 Å². The van der Waals surface area contributed by atoms with Crippen LogP contribution in [0.25, 0.3) is 10.4 Å². The molecule has 0 bridgehead atoms. The van der Waals surface area contributed by atoms with E-state index in [0.717, 1.165) is 0 Å². The normalized spacial score (nSPS) is 11.8. The van der Waals surface area contributed by atoms with E-state index in [1.165, 1.54) is 0 Å². The molecule has 0 aliphatic heterocycles. The molecule has 128 valence electrons. The lowest BCUT2D eigenvalue weighted by atomic mass is 10.4. The fourth-order valence-electron chi connectivity index (χ4n) is 1.12. The van der Waals surface area contributed by atoms with Gasteiger partial charge in [0.15, 0.2) is 30.6 Å². The average Bonchev–Trinajstić information content (AvgIpc) is 2.38. The van der Waals surface area contributed by atoms with E-state index in [1.54, 1.807) is 0 Å². The van der Waals surface area contributed by atoms with Crippen molar-refractivity contribution in [2.45, 2.75) is 12.4 Å². The fourth-order valence-corrected chi connectivity index (χ4v) is 1.36. The highest BCUT2D eigenvalue weighted by Gasteiger charge is 2.33. The molecular weight excluding hydrogens is 365 g/mol. The Morgan fingerprint density at radius 3 is 2.09 bits per heavy atom. The summed E-state index contributed by atoms with van der Waals surface area (Å²) in [7, 11) is 0. The average molecular weight is 369 g/mol. The van der Waals surface area contributed by atoms with Gasteiger partial charge in [0.25, 0.3) is 0 Å². The van der Waals surface area contributed by atoms with E-state index in [4.69, 9.17) is 17.1 Å². The van der Waals surface area contributed by atoms with Crippen molar-refractivity contribution in [3.05, 3.63) is 21.3 Å². The zero-order chi connectivity index (χ0) is 17.8. The number of alkyl halides is 6. The Morgan fingerprint density at radius 2 is 1.61 bits per heavy atom. The minimum Gasteiger partial charge on any atom is -0.479 e. The molecule has 23 heavy (non-hydrogen) atoms. The minimum absolute atomic E-state index is 1.08. The first kappa shape index (κ1) is 18.9. The number of pyridine rings is 1. The van der Waals surface area contributed by atoms with Gasteiger partial charge in [0.1, 0.15) is 5.02 Å². The summed E-state index contributed by atoms with van der Waals surface area (Å²) in [6.07, 6.45) is -9.71. The molecule has 6 nitrogen and oxygen atoms in total. The third-order valence-electron chi connectivity index (χ3n) is 1.88. The van der Waals surface area contributed by atoms with Gasteiger partial charge in [0.2, 0.25) is 5.88 Å². The van der Waals surface area contributed by atoms with Crippen LogP contribution in [-0.4, -0.2) is 30.6 Å². The molecule has 0 atom stereocenters. The molecule has 1 aromatic heterocycles. The second kappa shape index (κ2) is 6.96. The van der Waals surface area contributed by atoms with Crippen molar-refractivity contribution in [1.82, 2.24) is 4.98 Å². The largest absolute Gasteiger partial charge is 0.479 e. The van der Waals surface area contributed by atoms with Crippen LogP contribution in [0.1, 0.15) is 0 Å². The quantitative estimate of drug-likeness (QED) is 0.327. The second-order valence-corrected chi connectivity index (χ2v) is 4.07. The highest BCUT2D eigenvalue weighted by atomic mass is 35.5. The molecule has 0 aliphatic carbocycles. The molecule has 1 rings (SSSR count). The standard InChI is InChI=1S/C9H4ClF7N4O2/c10-3-5(22-1-8(12,13)14)4(11)6(20-21-18)19-7(3)23-2-9(15,16)17/h1-2H2. The summed E-state index contributed by atoms with van der Waals surface area (Å²) in [5, 5.41) is 1.59. The molecule has 0 radical (unpaired) electrons. The first-order chi connectivity index (χ1) is 10.4. The first-order valence-corrected chi connectivity index (χ1v) is 5.65. The summed E-state index contributed by atoms with van der Waals surface area (Å²) in [4.78, 5) is 5.18. The van der Waals surface area contributed by atoms with Crippen LogP contribution in [0.2, 0.25) is 5.02 Å². The molecule has 0 N–H and O–H groups in total. The number of ether oxygens (including phenoxy) is 2. The first-order valence-electron chi connectivity index (χ1n) is 5.28. The Labute approximate surface area is 127 Å². The Hall–Kier alpha value is -2.14. The molecule has 0 aliphatic rings. The highest BCUT2D eigenvalue weighted by molar-refractivity contribution is 6.33. The Kier molecular flexibility index (Phi) is 5.72. The molecule has 1 heterocycles. The van der Waals surface area contributed by atoms with E-state index in [2.05, 4.69) is 24.5 Å². The number of hydrogen-bond donors (Lipinski definition) is 0. The van der Waals surface area contributed by atoms with Crippen LogP contribution in [-0.2, 0) is 0 Å². The van der Waals surface area contributed by atoms with Gasteiger partial charge in [-0.3, -0.25) is 0 Å². The number of hydrogen-bond acceptors (Lipinski definition) is 4. The molecule has 0 unspecified atom stereocenters. The zero-order valence-corrected chi connectivity index (χ0v) is 11.3. The minimum atomic E-state index is -4.88. The van der Waals surface area contributed by atoms with Gasteiger partial charge in [0.05, 0.1) is 0 Å². The summed E-state index contributed by atoms with van der Waals surface area (Å²) in [6, 6.07) is 0. The van der Waals surface area contributed by atoms with Crippen molar-refractivity contribution in [2.24, 2.45) is 5.11 Å². The summed E-state index contributed by atoms with van der Waals surface area (Å²) in [5.41, 5.74) is 8.19. The van der Waals surface area contributed by atoms with Crippen molar-refractivity contribution in [3.8, 4) is 11.6 Å². The number of nitrogens with zero attached hydrogens (tertiary/aromatic N) is 4. The topological polar surface area (TPSA) is 80.1 Å². The summed E-state index contributed by atoms with van der Waals surface area (Å²) in [5.74, 6) is -5.29. The third-order valence-corrected chi connectivity index (χ3v) is 2.22. The molecule has 0 spiro atoms. The van der Waals surface area contributed by atoms with Gasteiger partial charge in [-0.15, -0.1) is 0 Å². The second-order valence-electron chi connectivity index (χ2n) is 3.69. The third kappa shape index (κ3) is 5.87. The highest BCUT2D eigenvalue weighted by Crippen LogP contribution is 2.40. The van der Waals surface area contributed by atoms with Crippen molar-refractivity contribution >= 4 is 17.4 Å². The molecule has 14 heteroatoms. The molecule has 0 fully saturated rings. The van der Waals surface area contributed by atoms with Crippen LogP contribution in [0.15, 0.2) is 5.11 Å².